The normalized spacial score (nSPS) is 18.4. The number of imide groups is 1. The number of hydrogen-bond acceptors (Lipinski definition) is 23. The minimum atomic E-state index is -1.68. The van der Waals surface area contributed by atoms with Crippen LogP contribution in [0.5, 0.6) is 5.75 Å². The van der Waals surface area contributed by atoms with Crippen LogP contribution in [0.2, 0.25) is 0 Å². The largest absolute Gasteiger partial charge is 0.491 e. The monoisotopic (exact) mass is 1280 g/mol. The zero-order chi connectivity index (χ0) is 65.5. The first-order chi connectivity index (χ1) is 43.4. The number of benzene rings is 2. The van der Waals surface area contributed by atoms with Gasteiger partial charge in [0.2, 0.25) is 17.7 Å². The number of anilines is 1. The molecule has 5 amide bonds. The number of nitrogens with one attached hydrogen (secondary N) is 3. The zero-order valence-electron chi connectivity index (χ0n) is 52.4. The molecule has 2 aromatic rings. The number of aliphatic carboxylic acids is 1. The second-order valence-electron chi connectivity index (χ2n) is 21.4. The maximum absolute atomic E-state index is 14.1. The van der Waals surface area contributed by atoms with Crippen molar-refractivity contribution in [1.82, 2.24) is 15.5 Å². The van der Waals surface area contributed by atoms with E-state index in [2.05, 4.69) is 16.0 Å². The van der Waals surface area contributed by atoms with E-state index in [1.807, 2.05) is 0 Å². The van der Waals surface area contributed by atoms with Crippen LogP contribution in [0.25, 0.3) is 0 Å². The molecule has 0 unspecified atom stereocenters. The molecule has 1 aliphatic heterocycles. The third kappa shape index (κ3) is 29.5. The number of carbonyl (C=O) groups excluding carboxylic acids is 6. The van der Waals surface area contributed by atoms with Crippen LogP contribution in [0.3, 0.4) is 0 Å². The van der Waals surface area contributed by atoms with Gasteiger partial charge in [-0.2, -0.15) is 0 Å². The highest BCUT2D eigenvalue weighted by atomic mass is 16.6. The molecule has 1 saturated carbocycles. The standard InChI is InChI=1S/C62H94N4O24/c1-42(2)55(61(75)63-43(3)59(73)64-49-11-10-48(41-90-44(4)67)46(39-49)8-9-47-40-51(62(76)77)57(71)58(72)56(47)70)65-60(74)52(66-53(68)14-15-54(66)69)38-45-6-12-50(13-7-45)89-37-36-88-35-34-87-33-32-86-31-30-85-29-28-84-27-26-83-25-24-82-23-22-81-21-20-80-19-18-79-17-16-78-5/h6-7,10-15,39,42-43,47,51-52,55-58,70-72H,8-9,16-38,40-41H2,1-5H3,(H,63,75)(H,64,73)(H,65,74)(H,76,77)/t43-,47+,51-,52-,55-,56-,57+,58+/m0/s1. The minimum Gasteiger partial charge on any atom is -0.491 e. The lowest BCUT2D eigenvalue weighted by molar-refractivity contribution is -0.168. The molecule has 1 aliphatic carbocycles. The van der Waals surface area contributed by atoms with E-state index in [0.717, 1.165) is 17.1 Å². The van der Waals surface area contributed by atoms with Crippen LogP contribution in [0, 0.1) is 17.8 Å². The molecule has 4 rings (SSSR count). The first kappa shape index (κ1) is 76.4. The van der Waals surface area contributed by atoms with Gasteiger partial charge in [-0.15, -0.1) is 0 Å². The zero-order valence-corrected chi connectivity index (χ0v) is 52.4. The van der Waals surface area contributed by atoms with Crippen molar-refractivity contribution < 1.29 is 116 Å². The predicted molar refractivity (Wildman–Crippen MR) is 321 cm³/mol. The maximum Gasteiger partial charge on any atom is 0.309 e. The number of hydrogen-bond donors (Lipinski definition) is 7. The fraction of sp³-hybridized carbons (Fsp3) is 0.661. The molecule has 28 nitrogen and oxygen atoms in total. The number of carboxylic acid groups (broad SMARTS) is 1. The van der Waals surface area contributed by atoms with Gasteiger partial charge in [0.05, 0.1) is 157 Å². The van der Waals surface area contributed by atoms with Gasteiger partial charge in [-0.25, -0.2) is 0 Å². The van der Waals surface area contributed by atoms with Crippen molar-refractivity contribution in [2.75, 3.05) is 158 Å². The third-order valence-electron chi connectivity index (χ3n) is 14.2. The van der Waals surface area contributed by atoms with E-state index in [-0.39, 0.29) is 51.2 Å². The Labute approximate surface area is 525 Å². The highest BCUT2D eigenvalue weighted by Gasteiger charge is 2.45. The lowest BCUT2D eigenvalue weighted by Gasteiger charge is -2.39. The molecule has 90 heavy (non-hydrogen) atoms. The van der Waals surface area contributed by atoms with Crippen molar-refractivity contribution in [1.29, 1.82) is 0 Å². The number of aryl methyl sites for hydroxylation is 1. The van der Waals surface area contributed by atoms with Crippen molar-refractivity contribution >= 4 is 47.2 Å². The summed E-state index contributed by atoms with van der Waals surface area (Å²) in [5, 5.41) is 49.0. The number of carboxylic acids is 1. The van der Waals surface area contributed by atoms with Gasteiger partial charge in [-0.05, 0) is 79.0 Å². The quantitative estimate of drug-likeness (QED) is 0.0274. The molecule has 0 bridgehead atoms. The molecular formula is C62H94N4O24. The van der Waals surface area contributed by atoms with Gasteiger partial charge in [0, 0.05) is 38.3 Å². The van der Waals surface area contributed by atoms with Crippen LogP contribution in [-0.2, 0) is 110 Å². The Morgan fingerprint density at radius 1 is 0.567 bits per heavy atom. The number of carbonyl (C=O) groups is 7. The Morgan fingerprint density at radius 2 is 1.03 bits per heavy atom. The molecule has 1 fully saturated rings. The van der Waals surface area contributed by atoms with Crippen LogP contribution < -0.4 is 20.7 Å². The van der Waals surface area contributed by atoms with Gasteiger partial charge in [-0.1, -0.05) is 32.0 Å². The highest BCUT2D eigenvalue weighted by Crippen LogP contribution is 2.34. The van der Waals surface area contributed by atoms with Crippen LogP contribution in [0.1, 0.15) is 57.2 Å². The second kappa shape index (κ2) is 44.4. The highest BCUT2D eigenvalue weighted by molar-refractivity contribution is 6.15. The average molecular weight is 1280 g/mol. The van der Waals surface area contributed by atoms with Gasteiger partial charge < -0.3 is 98.0 Å². The predicted octanol–water partition coefficient (Wildman–Crippen LogP) is 0.797. The summed E-state index contributed by atoms with van der Waals surface area (Å²) < 4.78 is 70.9. The summed E-state index contributed by atoms with van der Waals surface area (Å²) in [5.74, 6) is -7.48. The number of aliphatic hydroxyl groups excluding tert-OH is 3. The fourth-order valence-corrected chi connectivity index (χ4v) is 9.27. The second-order valence-corrected chi connectivity index (χ2v) is 21.4. The third-order valence-corrected chi connectivity index (χ3v) is 14.2. The summed E-state index contributed by atoms with van der Waals surface area (Å²) in [4.78, 5) is 91.7. The number of methoxy groups -OCH3 is 1. The lowest BCUT2D eigenvalue weighted by Crippen LogP contribution is -2.58. The summed E-state index contributed by atoms with van der Waals surface area (Å²) in [6.07, 6.45) is -2.47. The summed E-state index contributed by atoms with van der Waals surface area (Å²) >= 11 is 0. The van der Waals surface area contributed by atoms with Gasteiger partial charge >= 0.3 is 11.9 Å². The summed E-state index contributed by atoms with van der Waals surface area (Å²) in [6.45, 7) is 15.5. The summed E-state index contributed by atoms with van der Waals surface area (Å²) in [7, 11) is 1.63. The van der Waals surface area contributed by atoms with Crippen LogP contribution in [0.4, 0.5) is 5.69 Å². The van der Waals surface area contributed by atoms with E-state index >= 15 is 0 Å². The van der Waals surface area contributed by atoms with Gasteiger partial charge in [0.1, 0.15) is 43.2 Å². The molecule has 2 aliphatic rings. The molecule has 1 heterocycles. The Hall–Kier alpha value is -6.09. The van der Waals surface area contributed by atoms with Crippen molar-refractivity contribution in [2.24, 2.45) is 17.8 Å². The molecule has 0 spiro atoms. The molecule has 0 aromatic heterocycles. The molecule has 0 radical (unpaired) electrons. The maximum atomic E-state index is 14.1. The number of nitrogens with zero attached hydrogens (tertiary/aromatic N) is 1. The number of amides is 5. The number of ether oxygens (including phenoxy) is 13. The molecule has 7 N–H and O–H groups in total. The fourth-order valence-electron chi connectivity index (χ4n) is 9.27. The van der Waals surface area contributed by atoms with E-state index in [1.165, 1.54) is 13.8 Å². The molecule has 8 atom stereocenters. The number of aliphatic hydroxyl groups is 3. The van der Waals surface area contributed by atoms with E-state index in [9.17, 15) is 54.0 Å². The molecular weight excluding hydrogens is 1180 g/mol. The smallest absolute Gasteiger partial charge is 0.309 e. The van der Waals surface area contributed by atoms with E-state index < -0.39 is 95.7 Å². The Morgan fingerprint density at radius 3 is 1.48 bits per heavy atom. The summed E-state index contributed by atoms with van der Waals surface area (Å²) in [5.41, 5.74) is 1.98. The topological polar surface area (TPSA) is 360 Å². The van der Waals surface area contributed by atoms with Crippen molar-refractivity contribution in [3.05, 3.63) is 71.3 Å². The van der Waals surface area contributed by atoms with E-state index in [1.54, 1.807) is 63.4 Å². The van der Waals surface area contributed by atoms with Crippen LogP contribution in [-0.4, -0.2) is 256 Å². The Bertz CT molecular complexity index is 2450. The SMILES string of the molecule is COCCOCCOCCOCCOCCOCCOCCOCCOCCOCCOCCOc1ccc(C[C@@H](C(=O)N[C@H](C(=O)N[C@@H](C)C(=O)Nc2ccc(COC(C)=O)c(CC[C@@H]3C[C@H](C(=O)O)[C@@H](O)[C@H](O)[C@H]3O)c2)C(C)C)N2C(=O)C=CC2=O)cc1. The van der Waals surface area contributed by atoms with Gasteiger partial charge in [0.25, 0.3) is 11.8 Å². The van der Waals surface area contributed by atoms with Crippen molar-refractivity contribution in [3.8, 4) is 5.75 Å². The Kier molecular flexibility index (Phi) is 37.7. The molecule has 0 saturated heterocycles. The summed E-state index contributed by atoms with van der Waals surface area (Å²) in [6, 6.07) is 7.74. The van der Waals surface area contributed by atoms with Gasteiger partial charge in [0.15, 0.2) is 0 Å². The van der Waals surface area contributed by atoms with Crippen molar-refractivity contribution in [3.63, 3.8) is 0 Å². The minimum absolute atomic E-state index is 0.105. The molecule has 28 heteroatoms. The Balaban J connectivity index is 1.09. The molecule has 506 valence electrons. The lowest BCUT2D eigenvalue weighted by atomic mass is 9.73. The average Bonchev–Trinajstić information content (AvgIpc) is 1.74. The van der Waals surface area contributed by atoms with E-state index in [4.69, 9.17) is 61.6 Å². The van der Waals surface area contributed by atoms with Crippen LogP contribution in [0.15, 0.2) is 54.6 Å². The van der Waals surface area contributed by atoms with Crippen molar-refractivity contribution in [2.45, 2.75) is 96.4 Å². The first-order valence-electron chi connectivity index (χ1n) is 30.4. The number of rotatable bonds is 50. The van der Waals surface area contributed by atoms with E-state index in [0.29, 0.717) is 155 Å². The number of esters is 1. The van der Waals surface area contributed by atoms with Crippen LogP contribution >= 0.6 is 0 Å². The molecule has 2 aromatic carbocycles. The van der Waals surface area contributed by atoms with Gasteiger partial charge in [-0.3, -0.25) is 38.5 Å². The first-order valence-corrected chi connectivity index (χ1v) is 30.4.